The first-order valence-corrected chi connectivity index (χ1v) is 12.2. The molecule has 10 heteroatoms. The van der Waals surface area contributed by atoms with E-state index < -0.39 is 5.97 Å². The van der Waals surface area contributed by atoms with E-state index in [4.69, 9.17) is 14.2 Å². The largest absolute Gasteiger partial charge is 0.493 e. The highest BCUT2D eigenvalue weighted by Crippen LogP contribution is 2.36. The number of halogens is 2. The van der Waals surface area contributed by atoms with E-state index in [2.05, 4.69) is 41.9 Å². The summed E-state index contributed by atoms with van der Waals surface area (Å²) < 4.78 is 18.8. The normalized spacial score (nSPS) is 11.6. The molecule has 0 fully saturated rings. The van der Waals surface area contributed by atoms with E-state index in [0.29, 0.717) is 38.3 Å². The second-order valence-electron chi connectivity index (χ2n) is 8.01. The van der Waals surface area contributed by atoms with Crippen molar-refractivity contribution in [2.45, 2.75) is 39.7 Å². The van der Waals surface area contributed by atoms with Crippen molar-refractivity contribution < 1.29 is 19.0 Å². The van der Waals surface area contributed by atoms with Gasteiger partial charge in [0.25, 0.3) is 5.56 Å². The van der Waals surface area contributed by atoms with Crippen molar-refractivity contribution in [2.24, 2.45) is 5.10 Å². The monoisotopic (exact) mass is 593 g/mol. The van der Waals surface area contributed by atoms with Crippen molar-refractivity contribution in [1.29, 1.82) is 0 Å². The summed E-state index contributed by atoms with van der Waals surface area (Å²) in [5.74, 6) is 0.791. The lowest BCUT2D eigenvalue weighted by molar-refractivity contribution is -0.149. The average molecular weight is 595 g/mol. The number of nitrogens with zero attached hydrogens (tertiary/aromatic N) is 3. The lowest BCUT2D eigenvalue weighted by atomic mass is 10.2. The van der Waals surface area contributed by atoms with Crippen LogP contribution < -0.4 is 15.0 Å². The number of esters is 1. The van der Waals surface area contributed by atoms with Gasteiger partial charge in [0.2, 0.25) is 0 Å². The summed E-state index contributed by atoms with van der Waals surface area (Å²) in [4.78, 5) is 29.7. The van der Waals surface area contributed by atoms with Crippen LogP contribution in [0.5, 0.6) is 11.5 Å². The third kappa shape index (κ3) is 6.04. The molecular formula is C24H25Br2N3O5. The highest BCUT2D eigenvalue weighted by atomic mass is 79.9. The lowest BCUT2D eigenvalue weighted by Gasteiger charge is -2.14. The van der Waals surface area contributed by atoms with E-state index in [1.165, 1.54) is 11.8 Å². The minimum Gasteiger partial charge on any atom is -0.493 e. The summed E-state index contributed by atoms with van der Waals surface area (Å²) >= 11 is 6.86. The van der Waals surface area contributed by atoms with Crippen LogP contribution >= 0.6 is 31.9 Å². The minimum absolute atomic E-state index is 0.0273. The maximum atomic E-state index is 13.2. The Labute approximate surface area is 214 Å². The Kier molecular flexibility index (Phi) is 8.48. The van der Waals surface area contributed by atoms with Gasteiger partial charge in [0.1, 0.15) is 5.82 Å². The van der Waals surface area contributed by atoms with Gasteiger partial charge in [-0.15, -0.1) is 0 Å². The highest BCUT2D eigenvalue weighted by molar-refractivity contribution is 9.10. The second-order valence-corrected chi connectivity index (χ2v) is 9.78. The van der Waals surface area contributed by atoms with Gasteiger partial charge in [-0.05, 0) is 65.7 Å². The molecule has 0 N–H and O–H groups in total. The Hall–Kier alpha value is -2.72. The predicted octanol–water partition coefficient (Wildman–Crippen LogP) is 5.27. The molecule has 0 aliphatic carbocycles. The molecule has 0 saturated carbocycles. The third-order valence-electron chi connectivity index (χ3n) is 4.63. The molecule has 3 aromatic rings. The maximum absolute atomic E-state index is 13.2. The summed E-state index contributed by atoms with van der Waals surface area (Å²) in [5, 5.41) is 4.90. The molecule has 0 saturated heterocycles. The third-order valence-corrected chi connectivity index (χ3v) is 5.71. The van der Waals surface area contributed by atoms with Gasteiger partial charge in [0.15, 0.2) is 18.1 Å². The highest BCUT2D eigenvalue weighted by Gasteiger charge is 2.16. The van der Waals surface area contributed by atoms with Crippen molar-refractivity contribution in [3.05, 3.63) is 61.0 Å². The zero-order valence-corrected chi connectivity index (χ0v) is 22.6. The quantitative estimate of drug-likeness (QED) is 0.261. The van der Waals surface area contributed by atoms with E-state index in [1.807, 2.05) is 19.9 Å². The van der Waals surface area contributed by atoms with Gasteiger partial charge in [-0.1, -0.05) is 29.8 Å². The van der Waals surface area contributed by atoms with Crippen LogP contribution in [0.1, 0.15) is 45.0 Å². The molecule has 8 nitrogen and oxygen atoms in total. The van der Waals surface area contributed by atoms with E-state index in [1.54, 1.807) is 44.3 Å². The topological polar surface area (TPSA) is 92.0 Å². The number of hydrogen-bond acceptors (Lipinski definition) is 7. The maximum Gasteiger partial charge on any atom is 0.344 e. The van der Waals surface area contributed by atoms with Crippen molar-refractivity contribution >= 4 is 54.9 Å². The Morgan fingerprint density at radius 1 is 1.18 bits per heavy atom. The number of methoxy groups -OCH3 is 1. The molecular weight excluding hydrogens is 570 g/mol. The van der Waals surface area contributed by atoms with E-state index in [9.17, 15) is 9.59 Å². The number of benzene rings is 2. The SMILES string of the molecule is COc1cc(C=Nn2c(C(C)C)nc3ccc(Br)cc3c2=O)cc(Br)c1OCC(=O)OC(C)C. The number of ether oxygens (including phenoxy) is 3. The first-order valence-electron chi connectivity index (χ1n) is 10.6. The van der Waals surface area contributed by atoms with Gasteiger partial charge < -0.3 is 14.2 Å². The fourth-order valence-electron chi connectivity index (χ4n) is 3.16. The molecule has 3 rings (SSSR count). The van der Waals surface area contributed by atoms with Gasteiger partial charge >= 0.3 is 5.97 Å². The smallest absolute Gasteiger partial charge is 0.344 e. The number of rotatable bonds is 8. The Morgan fingerprint density at radius 3 is 2.56 bits per heavy atom. The fraction of sp³-hybridized carbons (Fsp3) is 0.333. The molecule has 1 aromatic heterocycles. The molecule has 0 atom stereocenters. The molecule has 0 aliphatic rings. The Morgan fingerprint density at radius 2 is 1.91 bits per heavy atom. The molecule has 0 amide bonds. The summed E-state index contributed by atoms with van der Waals surface area (Å²) in [6.07, 6.45) is 1.31. The van der Waals surface area contributed by atoms with Gasteiger partial charge in [-0.2, -0.15) is 9.78 Å². The lowest BCUT2D eigenvalue weighted by Crippen LogP contribution is -2.23. The van der Waals surface area contributed by atoms with Gasteiger partial charge in [-0.25, -0.2) is 9.78 Å². The number of aromatic nitrogens is 2. The summed E-state index contributed by atoms with van der Waals surface area (Å²) in [6, 6.07) is 8.83. The summed E-state index contributed by atoms with van der Waals surface area (Å²) in [6.45, 7) is 7.18. The van der Waals surface area contributed by atoms with Crippen LogP contribution in [0.25, 0.3) is 10.9 Å². The fourth-order valence-corrected chi connectivity index (χ4v) is 4.09. The van der Waals surface area contributed by atoms with Gasteiger partial charge in [0.05, 0.1) is 34.8 Å². The predicted molar refractivity (Wildman–Crippen MR) is 138 cm³/mol. The zero-order chi connectivity index (χ0) is 25.0. The number of hydrogen-bond donors (Lipinski definition) is 0. The average Bonchev–Trinajstić information content (AvgIpc) is 2.76. The molecule has 0 radical (unpaired) electrons. The Bertz CT molecular complexity index is 1300. The van der Waals surface area contributed by atoms with E-state index in [0.717, 1.165) is 4.47 Å². The molecule has 34 heavy (non-hydrogen) atoms. The van der Waals surface area contributed by atoms with Crippen molar-refractivity contribution in [2.75, 3.05) is 13.7 Å². The summed E-state index contributed by atoms with van der Waals surface area (Å²) in [5.41, 5.74) is 1.00. The summed E-state index contributed by atoms with van der Waals surface area (Å²) in [7, 11) is 1.49. The zero-order valence-electron chi connectivity index (χ0n) is 19.5. The number of fused-ring (bicyclic) bond motifs is 1. The van der Waals surface area contributed by atoms with E-state index in [-0.39, 0.29) is 24.2 Å². The molecule has 0 unspecified atom stereocenters. The van der Waals surface area contributed by atoms with Crippen LogP contribution in [0.15, 0.2) is 49.2 Å². The molecule has 1 heterocycles. The van der Waals surface area contributed by atoms with Crippen LogP contribution in [-0.4, -0.2) is 41.7 Å². The van der Waals surface area contributed by atoms with Crippen molar-refractivity contribution in [3.63, 3.8) is 0 Å². The number of carbonyl (C=O) groups is 1. The van der Waals surface area contributed by atoms with Crippen LogP contribution in [0.3, 0.4) is 0 Å². The van der Waals surface area contributed by atoms with Crippen LogP contribution in [0, 0.1) is 0 Å². The second kappa shape index (κ2) is 11.1. The van der Waals surface area contributed by atoms with Crippen molar-refractivity contribution in [3.8, 4) is 11.5 Å². The molecule has 2 aromatic carbocycles. The standard InChI is InChI=1S/C24H25Br2N3O5/c1-13(2)23-28-19-7-6-16(25)10-17(19)24(31)29(23)27-11-15-8-18(26)22(20(9-15)32-5)33-12-21(30)34-14(3)4/h6-11,13-14H,12H2,1-5H3. The van der Waals surface area contributed by atoms with Crippen LogP contribution in [-0.2, 0) is 9.53 Å². The van der Waals surface area contributed by atoms with Crippen LogP contribution in [0.2, 0.25) is 0 Å². The minimum atomic E-state index is -0.481. The first-order chi connectivity index (χ1) is 16.1. The molecule has 180 valence electrons. The molecule has 0 aliphatic heterocycles. The Balaban J connectivity index is 1.97. The number of carbonyl (C=O) groups excluding carboxylic acids is 1. The molecule has 0 bridgehead atoms. The molecule has 0 spiro atoms. The first kappa shape index (κ1) is 25.9. The van der Waals surface area contributed by atoms with Crippen LogP contribution in [0.4, 0.5) is 0 Å². The van der Waals surface area contributed by atoms with Crippen molar-refractivity contribution in [1.82, 2.24) is 9.66 Å². The van der Waals surface area contributed by atoms with Gasteiger partial charge in [-0.3, -0.25) is 4.79 Å². The van der Waals surface area contributed by atoms with E-state index >= 15 is 0 Å². The van der Waals surface area contributed by atoms with Gasteiger partial charge in [0, 0.05) is 10.4 Å².